The predicted octanol–water partition coefficient (Wildman–Crippen LogP) is 1.54. The zero-order chi connectivity index (χ0) is 13.0. The van der Waals surface area contributed by atoms with Gasteiger partial charge in [0, 0.05) is 11.8 Å². The molecule has 6 heteroatoms. The lowest BCUT2D eigenvalue weighted by molar-refractivity contribution is -0.138. The number of carboxylic acid groups (broad SMARTS) is 1. The smallest absolute Gasteiger partial charge is 0.325 e. The van der Waals surface area contributed by atoms with Crippen molar-refractivity contribution in [3.05, 3.63) is 16.1 Å². The van der Waals surface area contributed by atoms with E-state index in [1.165, 1.54) is 18.3 Å². The molecule has 1 aromatic rings. The molecule has 1 amide bonds. The largest absolute Gasteiger partial charge is 0.480 e. The van der Waals surface area contributed by atoms with Gasteiger partial charge in [0.1, 0.15) is 11.7 Å². The Morgan fingerprint density at radius 2 is 2.12 bits per heavy atom. The van der Waals surface area contributed by atoms with Gasteiger partial charge in [-0.2, -0.15) is 0 Å². The van der Waals surface area contributed by atoms with Crippen molar-refractivity contribution in [2.45, 2.75) is 33.2 Å². The summed E-state index contributed by atoms with van der Waals surface area (Å²) in [5.74, 6) is -1.02. The van der Waals surface area contributed by atoms with Crippen molar-refractivity contribution in [2.75, 3.05) is 0 Å². The Bertz CT molecular complexity index is 415. The van der Waals surface area contributed by atoms with E-state index < -0.39 is 17.9 Å². The van der Waals surface area contributed by atoms with E-state index in [0.29, 0.717) is 11.6 Å². The SMILES string of the molecule is CC(C)Cc1nc(C(=O)NC(C)C(=O)O)cs1. The van der Waals surface area contributed by atoms with Crippen molar-refractivity contribution in [1.82, 2.24) is 10.3 Å². The van der Waals surface area contributed by atoms with Gasteiger partial charge in [0.2, 0.25) is 0 Å². The second-order valence-electron chi connectivity index (χ2n) is 4.26. The van der Waals surface area contributed by atoms with Crippen LogP contribution in [-0.2, 0) is 11.2 Å². The number of aliphatic carboxylic acids is 1. The standard InChI is InChI=1S/C11H16N2O3S/c1-6(2)4-9-13-8(5-17-9)10(14)12-7(3)11(15)16/h5-7H,4H2,1-3H3,(H,12,14)(H,15,16). The summed E-state index contributed by atoms with van der Waals surface area (Å²) in [5.41, 5.74) is 0.291. The van der Waals surface area contributed by atoms with Crippen LogP contribution in [0.2, 0.25) is 0 Å². The first-order valence-electron chi connectivity index (χ1n) is 5.38. The first-order chi connectivity index (χ1) is 7.90. The summed E-state index contributed by atoms with van der Waals surface area (Å²) >= 11 is 1.42. The topological polar surface area (TPSA) is 79.3 Å². The van der Waals surface area contributed by atoms with Crippen molar-refractivity contribution >= 4 is 23.2 Å². The van der Waals surface area contributed by atoms with E-state index in [9.17, 15) is 9.59 Å². The molecule has 17 heavy (non-hydrogen) atoms. The van der Waals surface area contributed by atoms with E-state index in [-0.39, 0.29) is 0 Å². The molecule has 0 aliphatic heterocycles. The molecule has 1 atom stereocenters. The molecule has 1 aromatic heterocycles. The number of hydrogen-bond donors (Lipinski definition) is 2. The van der Waals surface area contributed by atoms with Gasteiger partial charge >= 0.3 is 5.97 Å². The highest BCUT2D eigenvalue weighted by molar-refractivity contribution is 7.09. The number of carboxylic acids is 1. The molecule has 1 unspecified atom stereocenters. The van der Waals surface area contributed by atoms with Crippen LogP contribution in [0.4, 0.5) is 0 Å². The Labute approximate surface area is 104 Å². The van der Waals surface area contributed by atoms with Gasteiger partial charge in [0.05, 0.1) is 5.01 Å². The summed E-state index contributed by atoms with van der Waals surface area (Å²) in [6.07, 6.45) is 0.826. The van der Waals surface area contributed by atoms with Crippen LogP contribution in [-0.4, -0.2) is 28.0 Å². The van der Waals surface area contributed by atoms with Gasteiger partial charge < -0.3 is 10.4 Å². The first kappa shape index (κ1) is 13.6. The van der Waals surface area contributed by atoms with E-state index in [0.717, 1.165) is 11.4 Å². The molecule has 0 aliphatic rings. The molecule has 0 bridgehead atoms. The van der Waals surface area contributed by atoms with Crippen LogP contribution in [0.1, 0.15) is 36.3 Å². The van der Waals surface area contributed by atoms with Gasteiger partial charge in [-0.15, -0.1) is 11.3 Å². The third kappa shape index (κ3) is 4.14. The Balaban J connectivity index is 2.64. The number of amides is 1. The molecular formula is C11H16N2O3S. The molecule has 0 spiro atoms. The van der Waals surface area contributed by atoms with Crippen LogP contribution in [0.5, 0.6) is 0 Å². The van der Waals surface area contributed by atoms with E-state index in [2.05, 4.69) is 24.1 Å². The fourth-order valence-corrected chi connectivity index (χ4v) is 2.18. The molecule has 0 aromatic carbocycles. The second-order valence-corrected chi connectivity index (χ2v) is 5.20. The number of nitrogens with one attached hydrogen (secondary N) is 1. The highest BCUT2D eigenvalue weighted by Crippen LogP contribution is 2.14. The highest BCUT2D eigenvalue weighted by Gasteiger charge is 2.17. The average molecular weight is 256 g/mol. The third-order valence-corrected chi connectivity index (χ3v) is 2.96. The summed E-state index contributed by atoms with van der Waals surface area (Å²) in [7, 11) is 0. The summed E-state index contributed by atoms with van der Waals surface area (Å²) in [6.45, 7) is 5.57. The van der Waals surface area contributed by atoms with Crippen LogP contribution in [0.25, 0.3) is 0 Å². The highest BCUT2D eigenvalue weighted by atomic mass is 32.1. The monoisotopic (exact) mass is 256 g/mol. The van der Waals surface area contributed by atoms with Gasteiger partial charge in [-0.25, -0.2) is 4.98 Å². The maximum Gasteiger partial charge on any atom is 0.325 e. The molecule has 2 N–H and O–H groups in total. The molecule has 0 fully saturated rings. The number of carbonyl (C=O) groups is 2. The fourth-order valence-electron chi connectivity index (χ4n) is 1.19. The van der Waals surface area contributed by atoms with Crippen molar-refractivity contribution in [2.24, 2.45) is 5.92 Å². The van der Waals surface area contributed by atoms with Crippen molar-refractivity contribution in [3.63, 3.8) is 0 Å². The molecule has 5 nitrogen and oxygen atoms in total. The van der Waals surface area contributed by atoms with Crippen LogP contribution >= 0.6 is 11.3 Å². The second kappa shape index (κ2) is 5.77. The molecule has 1 rings (SSSR count). The molecule has 0 aliphatic carbocycles. The number of aromatic nitrogens is 1. The zero-order valence-electron chi connectivity index (χ0n) is 10.1. The summed E-state index contributed by atoms with van der Waals surface area (Å²) in [5, 5.41) is 13.6. The minimum atomic E-state index is -1.06. The van der Waals surface area contributed by atoms with Gasteiger partial charge in [-0.05, 0) is 12.8 Å². The van der Waals surface area contributed by atoms with E-state index in [1.54, 1.807) is 5.38 Å². The number of nitrogens with zero attached hydrogens (tertiary/aromatic N) is 1. The Morgan fingerprint density at radius 3 is 2.65 bits per heavy atom. The average Bonchev–Trinajstić information content (AvgIpc) is 2.64. The minimum Gasteiger partial charge on any atom is -0.480 e. The lowest BCUT2D eigenvalue weighted by atomic mass is 10.1. The number of thiazole rings is 1. The maximum atomic E-state index is 11.6. The molecule has 94 valence electrons. The number of carbonyl (C=O) groups excluding carboxylic acids is 1. The first-order valence-corrected chi connectivity index (χ1v) is 6.26. The number of hydrogen-bond acceptors (Lipinski definition) is 4. The third-order valence-electron chi connectivity index (χ3n) is 2.09. The van der Waals surface area contributed by atoms with Gasteiger partial charge in [-0.3, -0.25) is 9.59 Å². The molecular weight excluding hydrogens is 240 g/mol. The van der Waals surface area contributed by atoms with Gasteiger partial charge in [0.15, 0.2) is 0 Å². The Kier molecular flexibility index (Phi) is 4.62. The van der Waals surface area contributed by atoms with Crippen LogP contribution in [0.15, 0.2) is 5.38 Å². The molecule has 0 saturated heterocycles. The van der Waals surface area contributed by atoms with Crippen LogP contribution in [0, 0.1) is 5.92 Å². The van der Waals surface area contributed by atoms with Gasteiger partial charge in [0.25, 0.3) is 5.91 Å². The summed E-state index contributed by atoms with van der Waals surface area (Å²) < 4.78 is 0. The van der Waals surface area contributed by atoms with Crippen molar-refractivity contribution < 1.29 is 14.7 Å². The van der Waals surface area contributed by atoms with Crippen LogP contribution in [0.3, 0.4) is 0 Å². The lowest BCUT2D eigenvalue weighted by Gasteiger charge is -2.06. The van der Waals surface area contributed by atoms with E-state index >= 15 is 0 Å². The zero-order valence-corrected chi connectivity index (χ0v) is 10.9. The normalized spacial score (nSPS) is 12.5. The minimum absolute atomic E-state index is 0.291. The maximum absolute atomic E-state index is 11.6. The van der Waals surface area contributed by atoms with Crippen LogP contribution < -0.4 is 5.32 Å². The van der Waals surface area contributed by atoms with E-state index in [1.807, 2.05) is 0 Å². The summed E-state index contributed by atoms with van der Waals surface area (Å²) in [6, 6.07) is -0.905. The fraction of sp³-hybridized carbons (Fsp3) is 0.545. The molecule has 0 saturated carbocycles. The number of rotatable bonds is 5. The van der Waals surface area contributed by atoms with E-state index in [4.69, 9.17) is 5.11 Å². The molecule has 1 heterocycles. The predicted molar refractivity (Wildman–Crippen MR) is 65.2 cm³/mol. The molecule has 0 radical (unpaired) electrons. The van der Waals surface area contributed by atoms with Crippen molar-refractivity contribution in [3.8, 4) is 0 Å². The van der Waals surface area contributed by atoms with Crippen molar-refractivity contribution in [1.29, 1.82) is 0 Å². The quantitative estimate of drug-likeness (QED) is 0.837. The summed E-state index contributed by atoms with van der Waals surface area (Å²) in [4.78, 5) is 26.4. The van der Waals surface area contributed by atoms with Gasteiger partial charge in [-0.1, -0.05) is 13.8 Å². The Morgan fingerprint density at radius 1 is 1.47 bits per heavy atom. The lowest BCUT2D eigenvalue weighted by Crippen LogP contribution is -2.38. The Hall–Kier alpha value is -1.43.